The molecule has 2 rings (SSSR count). The van der Waals surface area contributed by atoms with Crippen LogP contribution in [0.4, 0.5) is 0 Å². The average Bonchev–Trinajstić information content (AvgIpc) is 2.93. The summed E-state index contributed by atoms with van der Waals surface area (Å²) in [6.07, 6.45) is 8.60. The van der Waals surface area contributed by atoms with Crippen LogP contribution in [-0.4, -0.2) is 36.7 Å². The predicted octanol–water partition coefficient (Wildman–Crippen LogP) is 1.98. The van der Waals surface area contributed by atoms with Crippen LogP contribution >= 0.6 is 0 Å². The summed E-state index contributed by atoms with van der Waals surface area (Å²) in [5.74, 6) is 0.136. The Morgan fingerprint density at radius 1 is 1.11 bits per heavy atom. The lowest BCUT2D eigenvalue weighted by molar-refractivity contribution is -0.124. The summed E-state index contributed by atoms with van der Waals surface area (Å²) in [6.45, 7) is 4.92. The second-order valence-corrected chi connectivity index (χ2v) is 6.07. The Kier molecular flexibility index (Phi) is 5.64. The number of nitrogens with one attached hydrogen (secondary N) is 2. The molecule has 0 radical (unpaired) electrons. The van der Waals surface area contributed by atoms with Gasteiger partial charge >= 0.3 is 0 Å². The summed E-state index contributed by atoms with van der Waals surface area (Å²) < 4.78 is 5.65. The maximum absolute atomic E-state index is 12.1. The second kappa shape index (κ2) is 7.25. The zero-order valence-corrected chi connectivity index (χ0v) is 12.3. The van der Waals surface area contributed by atoms with Crippen LogP contribution in [0.1, 0.15) is 58.8 Å². The van der Waals surface area contributed by atoms with Crippen molar-refractivity contribution in [1.29, 1.82) is 0 Å². The van der Waals surface area contributed by atoms with E-state index in [2.05, 4.69) is 17.6 Å². The zero-order valence-electron chi connectivity index (χ0n) is 12.3. The fraction of sp³-hybridized carbons (Fsp3) is 0.933. The van der Waals surface area contributed by atoms with Gasteiger partial charge in [0.05, 0.1) is 12.1 Å². The van der Waals surface area contributed by atoms with Crippen LogP contribution in [0, 0.1) is 0 Å². The molecule has 4 nitrogen and oxygen atoms in total. The maximum atomic E-state index is 12.1. The van der Waals surface area contributed by atoms with Gasteiger partial charge in [0.25, 0.3) is 0 Å². The molecule has 1 amide bonds. The normalized spacial score (nSPS) is 28.0. The molecule has 4 heteroatoms. The quantitative estimate of drug-likeness (QED) is 0.801. The molecule has 1 saturated carbocycles. The molecule has 1 saturated heterocycles. The molecule has 0 aromatic carbocycles. The minimum absolute atomic E-state index is 0.136. The lowest BCUT2D eigenvalue weighted by atomic mass is 9.95. The van der Waals surface area contributed by atoms with Crippen molar-refractivity contribution in [3.05, 3.63) is 0 Å². The average molecular weight is 268 g/mol. The Morgan fingerprint density at radius 2 is 1.84 bits per heavy atom. The fourth-order valence-electron chi connectivity index (χ4n) is 3.15. The highest BCUT2D eigenvalue weighted by Crippen LogP contribution is 2.18. The standard InChI is InChI=1S/C15H28N2O2/c1-11(14-9-6-10-19-14)16-12(2)15(18)17-13-7-4-3-5-8-13/h11-14,16H,3-10H2,1-2H3,(H,17,18). The molecule has 0 spiro atoms. The van der Waals surface area contributed by atoms with Gasteiger partial charge in [-0.05, 0) is 39.5 Å². The number of ether oxygens (including phenoxy) is 1. The van der Waals surface area contributed by atoms with E-state index >= 15 is 0 Å². The van der Waals surface area contributed by atoms with Crippen molar-refractivity contribution in [2.75, 3.05) is 6.61 Å². The zero-order chi connectivity index (χ0) is 13.7. The molecule has 2 fully saturated rings. The lowest BCUT2D eigenvalue weighted by Gasteiger charge is -2.27. The Hall–Kier alpha value is -0.610. The van der Waals surface area contributed by atoms with Crippen molar-refractivity contribution in [2.45, 2.75) is 83.0 Å². The summed E-state index contributed by atoms with van der Waals surface area (Å²) in [4.78, 5) is 12.1. The first-order valence-electron chi connectivity index (χ1n) is 7.85. The van der Waals surface area contributed by atoms with Gasteiger partial charge in [-0.3, -0.25) is 4.79 Å². The fourth-order valence-corrected chi connectivity index (χ4v) is 3.15. The van der Waals surface area contributed by atoms with Gasteiger partial charge in [0.1, 0.15) is 0 Å². The lowest BCUT2D eigenvalue weighted by Crippen LogP contribution is -2.51. The van der Waals surface area contributed by atoms with E-state index in [0.29, 0.717) is 6.04 Å². The van der Waals surface area contributed by atoms with E-state index in [0.717, 1.165) is 32.3 Å². The van der Waals surface area contributed by atoms with Crippen molar-refractivity contribution >= 4 is 5.91 Å². The van der Waals surface area contributed by atoms with Crippen molar-refractivity contribution in [1.82, 2.24) is 10.6 Å². The molecule has 2 N–H and O–H groups in total. The summed E-state index contributed by atoms with van der Waals surface area (Å²) in [5.41, 5.74) is 0. The van der Waals surface area contributed by atoms with Crippen molar-refractivity contribution in [2.24, 2.45) is 0 Å². The van der Waals surface area contributed by atoms with E-state index in [1.165, 1.54) is 19.3 Å². The van der Waals surface area contributed by atoms with Gasteiger partial charge in [0, 0.05) is 18.7 Å². The SMILES string of the molecule is CC(NC(C)C1CCCO1)C(=O)NC1CCCCC1. The van der Waals surface area contributed by atoms with E-state index in [9.17, 15) is 4.79 Å². The number of carbonyl (C=O) groups is 1. The van der Waals surface area contributed by atoms with Crippen LogP contribution in [0.3, 0.4) is 0 Å². The van der Waals surface area contributed by atoms with Gasteiger partial charge in [-0.1, -0.05) is 19.3 Å². The molecule has 0 aromatic heterocycles. The molecule has 2 aliphatic rings. The molecule has 0 bridgehead atoms. The Balaban J connectivity index is 1.71. The first-order valence-corrected chi connectivity index (χ1v) is 7.85. The highest BCUT2D eigenvalue weighted by molar-refractivity contribution is 5.81. The maximum Gasteiger partial charge on any atom is 0.237 e. The predicted molar refractivity (Wildman–Crippen MR) is 76.0 cm³/mol. The smallest absolute Gasteiger partial charge is 0.237 e. The van der Waals surface area contributed by atoms with E-state index in [1.807, 2.05) is 6.92 Å². The number of rotatable bonds is 5. The van der Waals surface area contributed by atoms with Crippen LogP contribution in [0.5, 0.6) is 0 Å². The first kappa shape index (κ1) is 14.8. The monoisotopic (exact) mass is 268 g/mol. The number of carbonyl (C=O) groups excluding carboxylic acids is 1. The van der Waals surface area contributed by atoms with Crippen LogP contribution in [0.25, 0.3) is 0 Å². The largest absolute Gasteiger partial charge is 0.377 e. The van der Waals surface area contributed by atoms with Crippen molar-refractivity contribution in [3.8, 4) is 0 Å². The molecule has 0 aromatic rings. The van der Waals surface area contributed by atoms with E-state index in [1.54, 1.807) is 0 Å². The minimum Gasteiger partial charge on any atom is -0.377 e. The van der Waals surface area contributed by atoms with Crippen LogP contribution < -0.4 is 10.6 Å². The van der Waals surface area contributed by atoms with Crippen LogP contribution in [0.15, 0.2) is 0 Å². The third-order valence-corrected chi connectivity index (χ3v) is 4.38. The Labute approximate surface area is 116 Å². The molecule has 19 heavy (non-hydrogen) atoms. The summed E-state index contributed by atoms with van der Waals surface area (Å²) in [7, 11) is 0. The van der Waals surface area contributed by atoms with Gasteiger partial charge in [-0.25, -0.2) is 0 Å². The van der Waals surface area contributed by atoms with Gasteiger partial charge in [0.15, 0.2) is 0 Å². The molecule has 1 aliphatic carbocycles. The summed E-state index contributed by atoms with van der Waals surface area (Å²) in [5, 5.41) is 6.55. The van der Waals surface area contributed by atoms with E-state index < -0.39 is 0 Å². The minimum atomic E-state index is -0.138. The van der Waals surface area contributed by atoms with Gasteiger partial charge < -0.3 is 15.4 Å². The number of amides is 1. The third-order valence-electron chi connectivity index (χ3n) is 4.38. The number of hydrogen-bond donors (Lipinski definition) is 2. The second-order valence-electron chi connectivity index (χ2n) is 6.07. The summed E-state index contributed by atoms with van der Waals surface area (Å²) in [6, 6.07) is 0.499. The molecular formula is C15H28N2O2. The van der Waals surface area contributed by atoms with Crippen molar-refractivity contribution in [3.63, 3.8) is 0 Å². The van der Waals surface area contributed by atoms with Gasteiger partial charge in [-0.2, -0.15) is 0 Å². The topological polar surface area (TPSA) is 50.4 Å². The van der Waals surface area contributed by atoms with Crippen LogP contribution in [0.2, 0.25) is 0 Å². The van der Waals surface area contributed by atoms with Crippen LogP contribution in [-0.2, 0) is 9.53 Å². The molecule has 1 heterocycles. The Morgan fingerprint density at radius 3 is 2.47 bits per heavy atom. The van der Waals surface area contributed by atoms with Gasteiger partial charge in [-0.15, -0.1) is 0 Å². The van der Waals surface area contributed by atoms with Gasteiger partial charge in [0.2, 0.25) is 5.91 Å². The number of hydrogen-bond acceptors (Lipinski definition) is 3. The molecular weight excluding hydrogens is 240 g/mol. The van der Waals surface area contributed by atoms with Crippen molar-refractivity contribution < 1.29 is 9.53 Å². The molecule has 1 aliphatic heterocycles. The highest BCUT2D eigenvalue weighted by atomic mass is 16.5. The first-order chi connectivity index (χ1) is 9.16. The third kappa shape index (κ3) is 4.46. The molecule has 3 unspecified atom stereocenters. The highest BCUT2D eigenvalue weighted by Gasteiger charge is 2.26. The summed E-state index contributed by atoms with van der Waals surface area (Å²) >= 11 is 0. The molecule has 3 atom stereocenters. The van der Waals surface area contributed by atoms with E-state index in [-0.39, 0.29) is 24.1 Å². The molecule has 110 valence electrons. The van der Waals surface area contributed by atoms with E-state index in [4.69, 9.17) is 4.74 Å². The Bertz CT molecular complexity index is 284.